The highest BCUT2D eigenvalue weighted by Crippen LogP contribution is 2.29. The van der Waals surface area contributed by atoms with Gasteiger partial charge in [-0.05, 0) is 49.2 Å². The molecule has 0 spiro atoms. The standard InChI is InChI=1S/C21H24F3N3O/c22-21(23,24)18-8-10-19(11-9-18)25-20(28)27-15-13-26(14-16-27)12-4-7-17-5-2-1-3-6-17/h1-3,5-6,8-11H,4,7,12-16H2,(H,25,28). The second-order valence-electron chi connectivity index (χ2n) is 6.92. The summed E-state index contributed by atoms with van der Waals surface area (Å²) in [6.07, 6.45) is -2.27. The number of hydrogen-bond donors (Lipinski definition) is 1. The molecule has 1 aliphatic heterocycles. The van der Waals surface area contributed by atoms with Crippen molar-refractivity contribution in [3.8, 4) is 0 Å². The number of benzene rings is 2. The van der Waals surface area contributed by atoms with Gasteiger partial charge in [-0.1, -0.05) is 30.3 Å². The van der Waals surface area contributed by atoms with Crippen LogP contribution in [0.3, 0.4) is 0 Å². The van der Waals surface area contributed by atoms with Crippen LogP contribution < -0.4 is 5.32 Å². The number of carbonyl (C=O) groups is 1. The smallest absolute Gasteiger partial charge is 0.322 e. The lowest BCUT2D eigenvalue weighted by Crippen LogP contribution is -2.50. The summed E-state index contributed by atoms with van der Waals surface area (Å²) in [6, 6.07) is 14.6. The lowest BCUT2D eigenvalue weighted by Gasteiger charge is -2.34. The Bertz CT molecular complexity index is 755. The van der Waals surface area contributed by atoms with E-state index in [1.165, 1.54) is 17.7 Å². The number of hydrogen-bond acceptors (Lipinski definition) is 2. The van der Waals surface area contributed by atoms with Gasteiger partial charge in [-0.15, -0.1) is 0 Å². The zero-order chi connectivity index (χ0) is 20.0. The van der Waals surface area contributed by atoms with Gasteiger partial charge in [0.25, 0.3) is 0 Å². The summed E-state index contributed by atoms with van der Waals surface area (Å²) >= 11 is 0. The van der Waals surface area contributed by atoms with Gasteiger partial charge in [-0.2, -0.15) is 13.2 Å². The first kappa shape index (κ1) is 20.2. The molecule has 28 heavy (non-hydrogen) atoms. The van der Waals surface area contributed by atoms with Crippen LogP contribution in [0.2, 0.25) is 0 Å². The number of rotatable bonds is 5. The number of amides is 2. The number of alkyl halides is 3. The van der Waals surface area contributed by atoms with E-state index in [0.717, 1.165) is 44.6 Å². The Labute approximate surface area is 162 Å². The Balaban J connectivity index is 1.40. The van der Waals surface area contributed by atoms with Crippen molar-refractivity contribution < 1.29 is 18.0 Å². The molecule has 0 unspecified atom stereocenters. The topological polar surface area (TPSA) is 35.6 Å². The second kappa shape index (κ2) is 9.10. The maximum atomic E-state index is 12.6. The molecule has 0 bridgehead atoms. The molecule has 1 N–H and O–H groups in total. The molecule has 0 atom stereocenters. The fourth-order valence-corrected chi connectivity index (χ4v) is 3.27. The maximum absolute atomic E-state index is 12.6. The average molecular weight is 391 g/mol. The Kier molecular flexibility index (Phi) is 6.57. The van der Waals surface area contributed by atoms with Crippen LogP contribution >= 0.6 is 0 Å². The van der Waals surface area contributed by atoms with E-state index in [-0.39, 0.29) is 6.03 Å². The van der Waals surface area contributed by atoms with Crippen molar-refractivity contribution in [2.24, 2.45) is 0 Å². The minimum absolute atomic E-state index is 0.274. The fraction of sp³-hybridized carbons (Fsp3) is 0.381. The van der Waals surface area contributed by atoms with Crippen molar-refractivity contribution in [2.45, 2.75) is 19.0 Å². The van der Waals surface area contributed by atoms with Gasteiger partial charge in [0, 0.05) is 31.9 Å². The molecule has 150 valence electrons. The second-order valence-corrected chi connectivity index (χ2v) is 6.92. The molecule has 2 amide bonds. The zero-order valence-corrected chi connectivity index (χ0v) is 15.6. The van der Waals surface area contributed by atoms with Crippen molar-refractivity contribution in [1.82, 2.24) is 9.80 Å². The SMILES string of the molecule is O=C(Nc1ccc(C(F)(F)F)cc1)N1CCN(CCCc2ccccc2)CC1. The molecule has 2 aromatic carbocycles. The van der Waals surface area contributed by atoms with Gasteiger partial charge in [0.05, 0.1) is 5.56 Å². The predicted octanol–water partition coefficient (Wildman–Crippen LogP) is 4.49. The third-order valence-electron chi connectivity index (χ3n) is 4.91. The molecule has 0 aromatic heterocycles. The van der Waals surface area contributed by atoms with E-state index in [0.29, 0.717) is 18.8 Å². The molecule has 1 saturated heterocycles. The Morgan fingerprint density at radius 2 is 1.57 bits per heavy atom. The van der Waals surface area contributed by atoms with Crippen molar-refractivity contribution in [3.05, 3.63) is 65.7 Å². The van der Waals surface area contributed by atoms with E-state index in [1.54, 1.807) is 4.90 Å². The van der Waals surface area contributed by atoms with Crippen molar-refractivity contribution in [2.75, 3.05) is 38.0 Å². The predicted molar refractivity (Wildman–Crippen MR) is 103 cm³/mol. The summed E-state index contributed by atoms with van der Waals surface area (Å²) in [6.45, 7) is 3.81. The molecule has 0 radical (unpaired) electrons. The first-order valence-corrected chi connectivity index (χ1v) is 9.41. The van der Waals surface area contributed by atoms with Crippen LogP contribution in [0, 0.1) is 0 Å². The first-order valence-electron chi connectivity index (χ1n) is 9.41. The summed E-state index contributed by atoms with van der Waals surface area (Å²) in [5.41, 5.74) is 0.968. The van der Waals surface area contributed by atoms with Crippen LogP contribution in [-0.4, -0.2) is 48.6 Å². The van der Waals surface area contributed by atoms with E-state index >= 15 is 0 Å². The number of carbonyl (C=O) groups excluding carboxylic acids is 1. The summed E-state index contributed by atoms with van der Waals surface area (Å²) in [5.74, 6) is 0. The van der Waals surface area contributed by atoms with Crippen molar-refractivity contribution in [3.63, 3.8) is 0 Å². The van der Waals surface area contributed by atoms with E-state index in [4.69, 9.17) is 0 Å². The minimum atomic E-state index is -4.38. The normalized spacial score (nSPS) is 15.5. The van der Waals surface area contributed by atoms with Gasteiger partial charge in [0.2, 0.25) is 0 Å². The largest absolute Gasteiger partial charge is 0.416 e. The van der Waals surface area contributed by atoms with E-state index in [2.05, 4.69) is 22.3 Å². The van der Waals surface area contributed by atoms with Crippen LogP contribution in [0.4, 0.5) is 23.7 Å². The molecule has 7 heteroatoms. The van der Waals surface area contributed by atoms with Gasteiger partial charge >= 0.3 is 12.2 Å². The number of halogens is 3. The average Bonchev–Trinajstić information content (AvgIpc) is 2.69. The molecular weight excluding hydrogens is 367 g/mol. The van der Waals surface area contributed by atoms with E-state index in [1.807, 2.05) is 18.2 Å². The molecule has 0 saturated carbocycles. The summed E-state index contributed by atoms with van der Waals surface area (Å²) in [4.78, 5) is 16.4. The molecule has 0 aliphatic carbocycles. The molecule has 3 rings (SSSR count). The number of urea groups is 1. The highest BCUT2D eigenvalue weighted by molar-refractivity contribution is 5.89. The van der Waals surface area contributed by atoms with Crippen LogP contribution in [0.5, 0.6) is 0 Å². The molecule has 2 aromatic rings. The first-order chi connectivity index (χ1) is 13.4. The molecule has 1 fully saturated rings. The van der Waals surface area contributed by atoms with Gasteiger partial charge < -0.3 is 10.2 Å². The van der Waals surface area contributed by atoms with Crippen LogP contribution in [-0.2, 0) is 12.6 Å². The lowest BCUT2D eigenvalue weighted by molar-refractivity contribution is -0.137. The maximum Gasteiger partial charge on any atom is 0.416 e. The third-order valence-corrected chi connectivity index (χ3v) is 4.91. The number of anilines is 1. The number of piperazine rings is 1. The highest BCUT2D eigenvalue weighted by Gasteiger charge is 2.30. The van der Waals surface area contributed by atoms with Crippen molar-refractivity contribution in [1.29, 1.82) is 0 Å². The quantitative estimate of drug-likeness (QED) is 0.815. The Morgan fingerprint density at radius 1 is 0.929 bits per heavy atom. The summed E-state index contributed by atoms with van der Waals surface area (Å²) < 4.78 is 37.8. The van der Waals surface area contributed by atoms with Crippen LogP contribution in [0.25, 0.3) is 0 Å². The van der Waals surface area contributed by atoms with Gasteiger partial charge in [0.15, 0.2) is 0 Å². The number of nitrogens with one attached hydrogen (secondary N) is 1. The summed E-state index contributed by atoms with van der Waals surface area (Å²) in [7, 11) is 0. The van der Waals surface area contributed by atoms with E-state index in [9.17, 15) is 18.0 Å². The van der Waals surface area contributed by atoms with Crippen LogP contribution in [0.1, 0.15) is 17.5 Å². The Morgan fingerprint density at radius 3 is 2.18 bits per heavy atom. The molecule has 4 nitrogen and oxygen atoms in total. The number of aryl methyl sites for hydroxylation is 1. The van der Waals surface area contributed by atoms with Gasteiger partial charge in [0.1, 0.15) is 0 Å². The highest BCUT2D eigenvalue weighted by atomic mass is 19.4. The van der Waals surface area contributed by atoms with Crippen molar-refractivity contribution >= 4 is 11.7 Å². The third kappa shape index (κ3) is 5.73. The summed E-state index contributed by atoms with van der Waals surface area (Å²) in [5, 5.41) is 2.67. The van der Waals surface area contributed by atoms with Gasteiger partial charge in [-0.25, -0.2) is 4.79 Å². The van der Waals surface area contributed by atoms with Crippen LogP contribution in [0.15, 0.2) is 54.6 Å². The molecule has 1 aliphatic rings. The molecular formula is C21H24F3N3O. The minimum Gasteiger partial charge on any atom is -0.322 e. The zero-order valence-electron chi connectivity index (χ0n) is 15.6. The molecule has 1 heterocycles. The fourth-order valence-electron chi connectivity index (χ4n) is 3.27. The van der Waals surface area contributed by atoms with Gasteiger partial charge in [-0.3, -0.25) is 4.90 Å². The number of nitrogens with zero attached hydrogens (tertiary/aromatic N) is 2. The lowest BCUT2D eigenvalue weighted by atomic mass is 10.1. The Hall–Kier alpha value is -2.54. The monoisotopic (exact) mass is 391 g/mol. The van der Waals surface area contributed by atoms with E-state index < -0.39 is 11.7 Å².